The van der Waals surface area contributed by atoms with Gasteiger partial charge in [0, 0.05) is 73.1 Å². The van der Waals surface area contributed by atoms with Gasteiger partial charge >= 0.3 is 24.0 Å². The lowest BCUT2D eigenvalue weighted by atomic mass is 10.0. The fraction of sp³-hybridized carbons (Fsp3) is 0.367. The van der Waals surface area contributed by atoms with Gasteiger partial charge in [0.1, 0.15) is 25.1 Å². The summed E-state index contributed by atoms with van der Waals surface area (Å²) in [5, 5.41) is 1.95. The highest BCUT2D eigenvalue weighted by atomic mass is 16.7. The maximum absolute atomic E-state index is 13.4. The highest BCUT2D eigenvalue weighted by Crippen LogP contribution is 2.32. The van der Waals surface area contributed by atoms with Crippen molar-refractivity contribution >= 4 is 63.0 Å². The van der Waals surface area contributed by atoms with Gasteiger partial charge in [-0.2, -0.15) is 0 Å². The van der Waals surface area contributed by atoms with E-state index in [0.717, 1.165) is 31.5 Å². The Morgan fingerprint density at radius 1 is 0.593 bits per heavy atom. The summed E-state index contributed by atoms with van der Waals surface area (Å²) in [6.45, 7) is 11.1. The Morgan fingerprint density at radius 2 is 1.07 bits per heavy atom. The van der Waals surface area contributed by atoms with Gasteiger partial charge in [-0.05, 0) is 106 Å². The van der Waals surface area contributed by atoms with E-state index in [1.807, 2.05) is 49.9 Å². The van der Waals surface area contributed by atoms with Crippen molar-refractivity contribution in [2.45, 2.75) is 77.7 Å². The summed E-state index contributed by atoms with van der Waals surface area (Å²) < 4.78 is 46.9. The molecule has 4 aromatic carbocycles. The number of fused-ring (bicyclic) bond motifs is 4. The average Bonchev–Trinajstić information content (AvgIpc) is 4.01. The van der Waals surface area contributed by atoms with E-state index in [1.54, 1.807) is 75.9 Å². The standard InChI is InChI=1S/C32H39N3O7.C15H15NO5.C13H11NO4/c1-32(2,3)42-31(38)35(21-22-8-10-27-28(20-22)41-19-18-40-27)23-12-14-33(15-13-23)16-17-34-26-7-5-6-25(30(37)39-4)24(26)9-11-29(34)36;1-19-15(18)11-3-2-4-12-10(11)5-6-13(17)16(12)9-14-20-7-8-21-14;1-18-13(17)10-3-2-4-11-9(10)5-6-12(16)14(11)7-8-15/h5-11,20,23H,12-19,21H2,1-4H3;2-6,14H,7-9H2,1H3;2-6,8H,7H2,1H3. The molecule has 0 spiro atoms. The maximum atomic E-state index is 13.4. The Labute approximate surface area is 466 Å². The molecule has 6 heterocycles. The minimum Gasteiger partial charge on any atom is -0.486 e. The molecule has 2 saturated heterocycles. The molecule has 2 fully saturated rings. The van der Waals surface area contributed by atoms with Gasteiger partial charge in [0.25, 0.3) is 16.7 Å². The Bertz CT molecular complexity index is 3620. The van der Waals surface area contributed by atoms with Gasteiger partial charge in [-0.25, -0.2) is 19.2 Å². The van der Waals surface area contributed by atoms with Crippen LogP contribution in [0.1, 0.15) is 70.3 Å². The monoisotopic (exact) mass is 1110 g/mol. The molecule has 3 aromatic heterocycles. The largest absolute Gasteiger partial charge is 0.486 e. The molecular weight excluding hydrogens is 1050 g/mol. The van der Waals surface area contributed by atoms with Crippen molar-refractivity contribution in [3.05, 3.63) is 163 Å². The summed E-state index contributed by atoms with van der Waals surface area (Å²) in [5.41, 5.74) is 2.92. The lowest BCUT2D eigenvalue weighted by molar-refractivity contribution is -0.108. The van der Waals surface area contributed by atoms with Crippen LogP contribution in [0.4, 0.5) is 4.79 Å². The molecule has 0 bridgehead atoms. The molecule has 0 unspecified atom stereocenters. The number of ether oxygens (including phenoxy) is 8. The Morgan fingerprint density at radius 3 is 1.58 bits per heavy atom. The van der Waals surface area contributed by atoms with Crippen LogP contribution in [0.3, 0.4) is 0 Å². The minimum absolute atomic E-state index is 0.00666. The van der Waals surface area contributed by atoms with Crippen LogP contribution >= 0.6 is 0 Å². The fourth-order valence-electron chi connectivity index (χ4n) is 9.93. The second-order valence-corrected chi connectivity index (χ2v) is 20.1. The highest BCUT2D eigenvalue weighted by molar-refractivity contribution is 6.05. The Kier molecular flexibility index (Phi) is 19.2. The van der Waals surface area contributed by atoms with Gasteiger partial charge < -0.3 is 66.2 Å². The van der Waals surface area contributed by atoms with E-state index in [9.17, 15) is 38.4 Å². The van der Waals surface area contributed by atoms with Crippen molar-refractivity contribution in [1.29, 1.82) is 0 Å². The number of hydrogen-bond acceptors (Lipinski definition) is 17. The zero-order valence-electron chi connectivity index (χ0n) is 46.1. The van der Waals surface area contributed by atoms with Gasteiger partial charge in [0.2, 0.25) is 0 Å². The van der Waals surface area contributed by atoms with Crippen LogP contribution in [0.2, 0.25) is 0 Å². The van der Waals surface area contributed by atoms with Crippen LogP contribution in [0.5, 0.6) is 11.5 Å². The summed E-state index contributed by atoms with van der Waals surface area (Å²) in [5.74, 6) is 0.0729. The van der Waals surface area contributed by atoms with Crippen molar-refractivity contribution in [3.63, 3.8) is 0 Å². The lowest BCUT2D eigenvalue weighted by Gasteiger charge is -2.39. The molecular formula is C60H65N5O16. The van der Waals surface area contributed by atoms with Crippen molar-refractivity contribution in [2.75, 3.05) is 67.4 Å². The minimum atomic E-state index is -0.609. The first kappa shape index (κ1) is 58.5. The van der Waals surface area contributed by atoms with Crippen LogP contribution < -0.4 is 26.2 Å². The van der Waals surface area contributed by atoms with E-state index in [-0.39, 0.29) is 35.4 Å². The first-order valence-electron chi connectivity index (χ1n) is 26.4. The molecule has 426 valence electrons. The third kappa shape index (κ3) is 14.0. The first-order chi connectivity index (χ1) is 39.0. The lowest BCUT2D eigenvalue weighted by Crippen LogP contribution is -2.49. The number of methoxy groups -OCH3 is 3. The fourth-order valence-corrected chi connectivity index (χ4v) is 9.93. The summed E-state index contributed by atoms with van der Waals surface area (Å²) >= 11 is 0. The third-order valence-electron chi connectivity index (χ3n) is 13.8. The van der Waals surface area contributed by atoms with E-state index in [1.165, 1.54) is 44.1 Å². The molecule has 10 rings (SSSR count). The topological polar surface area (TPSA) is 232 Å². The molecule has 7 aromatic rings. The van der Waals surface area contributed by atoms with Gasteiger partial charge in [-0.15, -0.1) is 0 Å². The quantitative estimate of drug-likeness (QED) is 0.0672. The van der Waals surface area contributed by atoms with Crippen LogP contribution in [0.25, 0.3) is 32.7 Å². The van der Waals surface area contributed by atoms with Crippen molar-refractivity contribution in [3.8, 4) is 11.5 Å². The van der Waals surface area contributed by atoms with E-state index in [4.69, 9.17) is 33.2 Å². The Balaban J connectivity index is 0.000000182. The third-order valence-corrected chi connectivity index (χ3v) is 13.8. The average molecular weight is 1110 g/mol. The zero-order valence-corrected chi connectivity index (χ0v) is 46.1. The van der Waals surface area contributed by atoms with E-state index < -0.39 is 29.8 Å². The Hall–Kier alpha value is -8.66. The number of piperidine rings is 1. The van der Waals surface area contributed by atoms with Gasteiger partial charge in [-0.3, -0.25) is 14.4 Å². The second-order valence-electron chi connectivity index (χ2n) is 20.1. The van der Waals surface area contributed by atoms with Gasteiger partial charge in [0.15, 0.2) is 17.8 Å². The molecule has 3 aliphatic heterocycles. The molecule has 0 radical (unpaired) electrons. The van der Waals surface area contributed by atoms with Crippen LogP contribution in [0, 0.1) is 0 Å². The number of amides is 1. The summed E-state index contributed by atoms with van der Waals surface area (Å²) in [7, 11) is 3.97. The van der Waals surface area contributed by atoms with Crippen LogP contribution in [-0.2, 0) is 59.4 Å². The van der Waals surface area contributed by atoms with Crippen LogP contribution in [0.15, 0.2) is 124 Å². The van der Waals surface area contributed by atoms with Gasteiger partial charge in [0.05, 0.1) is 80.9 Å². The van der Waals surface area contributed by atoms with Gasteiger partial charge in [-0.1, -0.05) is 24.3 Å². The molecule has 3 aliphatic rings. The number of pyridine rings is 3. The predicted octanol–water partition coefficient (Wildman–Crippen LogP) is 6.61. The molecule has 0 aliphatic carbocycles. The predicted molar refractivity (Wildman–Crippen MR) is 299 cm³/mol. The number of aldehydes is 1. The number of aromatic nitrogens is 3. The number of nitrogens with zero attached hydrogens (tertiary/aromatic N) is 5. The number of esters is 3. The van der Waals surface area contributed by atoms with Crippen molar-refractivity contribution in [1.82, 2.24) is 23.5 Å². The molecule has 0 atom stereocenters. The van der Waals surface area contributed by atoms with E-state index >= 15 is 0 Å². The summed E-state index contributed by atoms with van der Waals surface area (Å²) in [6, 6.07) is 30.4. The molecule has 21 heteroatoms. The molecule has 0 N–H and O–H groups in total. The smallest absolute Gasteiger partial charge is 0.410 e. The number of carbonyl (C=O) groups is 5. The summed E-state index contributed by atoms with van der Waals surface area (Å²) in [4.78, 5) is 100. The number of benzene rings is 4. The number of likely N-dealkylation sites (tertiary alicyclic amines) is 1. The van der Waals surface area contributed by atoms with E-state index in [2.05, 4.69) is 9.64 Å². The molecule has 0 saturated carbocycles. The summed E-state index contributed by atoms with van der Waals surface area (Å²) in [6.07, 6.45) is 1.43. The number of hydrogen-bond donors (Lipinski definition) is 0. The maximum Gasteiger partial charge on any atom is 0.410 e. The molecule has 81 heavy (non-hydrogen) atoms. The van der Waals surface area contributed by atoms with Crippen molar-refractivity contribution in [2.24, 2.45) is 0 Å². The SMILES string of the molecule is COC(=O)c1cccc2c1ccc(=O)n2CC1OCCO1.COC(=O)c1cccc2c1ccc(=O)n2CC=O.COC(=O)c1cccc2c1ccc(=O)n2CCN1CCC(N(Cc2ccc3c(c2)OCCO3)C(=O)OC(C)(C)C)CC1. The van der Waals surface area contributed by atoms with E-state index in [0.29, 0.717) is 120 Å². The normalized spacial score (nSPS) is 14.5. The van der Waals surface area contributed by atoms with Crippen molar-refractivity contribution < 1.29 is 61.9 Å². The number of carbonyl (C=O) groups excluding carboxylic acids is 5. The first-order valence-corrected chi connectivity index (χ1v) is 26.4. The zero-order chi connectivity index (χ0) is 57.8. The number of rotatable bonds is 13. The second kappa shape index (κ2) is 26.5. The molecule has 21 nitrogen and oxygen atoms in total. The highest BCUT2D eigenvalue weighted by Gasteiger charge is 2.32. The van der Waals surface area contributed by atoms with Crippen LogP contribution in [-0.4, -0.2) is 139 Å². The molecule has 1 amide bonds.